The molecule has 0 radical (unpaired) electrons. The first-order valence-corrected chi connectivity index (χ1v) is 6.12. The van der Waals surface area contributed by atoms with Crippen molar-refractivity contribution in [3.63, 3.8) is 0 Å². The molecule has 3 nitrogen and oxygen atoms in total. The van der Waals surface area contributed by atoms with Gasteiger partial charge < -0.3 is 4.42 Å². The Labute approximate surface area is 88.3 Å². The van der Waals surface area contributed by atoms with Crippen LogP contribution in [-0.2, 0) is 15.6 Å². The summed E-state index contributed by atoms with van der Waals surface area (Å²) in [7, 11) is -2.92. The van der Waals surface area contributed by atoms with Crippen LogP contribution in [0.4, 0.5) is 0 Å². The predicted molar refractivity (Wildman–Crippen MR) is 56.0 cm³/mol. The van der Waals surface area contributed by atoms with Crippen LogP contribution < -0.4 is 0 Å². The second-order valence-corrected chi connectivity index (χ2v) is 5.19. The van der Waals surface area contributed by atoms with Gasteiger partial charge in [0.05, 0.1) is 23.2 Å². The zero-order chi connectivity index (χ0) is 10.7. The van der Waals surface area contributed by atoms with E-state index in [0.29, 0.717) is 4.90 Å². The van der Waals surface area contributed by atoms with Gasteiger partial charge in [0.25, 0.3) is 0 Å². The highest BCUT2D eigenvalue weighted by Crippen LogP contribution is 2.22. The molecule has 0 saturated carbocycles. The summed E-state index contributed by atoms with van der Waals surface area (Å²) in [5, 5.41) is 0. The number of hydrogen-bond donors (Lipinski definition) is 0. The van der Waals surface area contributed by atoms with Gasteiger partial charge in [0.15, 0.2) is 9.84 Å². The number of fused-ring (bicyclic) bond motifs is 3. The lowest BCUT2D eigenvalue weighted by atomic mass is 10.2. The van der Waals surface area contributed by atoms with Crippen molar-refractivity contribution in [2.24, 2.45) is 0 Å². The van der Waals surface area contributed by atoms with Crippen LogP contribution in [0.25, 0.3) is 0 Å². The molecular formula is C11H10O3S. The Morgan fingerprint density at radius 3 is 1.80 bits per heavy atom. The fourth-order valence-electron chi connectivity index (χ4n) is 1.32. The van der Waals surface area contributed by atoms with E-state index >= 15 is 0 Å². The Hall–Kier alpha value is -1.55. The Morgan fingerprint density at radius 1 is 1.00 bits per heavy atom. The van der Waals surface area contributed by atoms with E-state index in [4.69, 9.17) is 0 Å². The van der Waals surface area contributed by atoms with Crippen LogP contribution in [0.15, 0.2) is 58.2 Å². The minimum absolute atomic E-state index is 0.190. The number of rotatable bonds is 0. The molecule has 2 aliphatic rings. The summed E-state index contributed by atoms with van der Waals surface area (Å²) in [5.74, 6) is 0.190. The van der Waals surface area contributed by atoms with Gasteiger partial charge >= 0.3 is 0 Å². The summed E-state index contributed by atoms with van der Waals surface area (Å²) in [6.07, 6.45) is 3.25. The Morgan fingerprint density at radius 2 is 1.60 bits per heavy atom. The molecule has 0 amide bonds. The van der Waals surface area contributed by atoms with Crippen molar-refractivity contribution in [1.29, 1.82) is 0 Å². The molecule has 0 saturated heterocycles. The second kappa shape index (κ2) is 3.90. The molecule has 2 bridgehead atoms. The molecule has 4 heteroatoms. The van der Waals surface area contributed by atoms with Gasteiger partial charge in [-0.3, -0.25) is 0 Å². The third-order valence-electron chi connectivity index (χ3n) is 2.06. The standard InChI is InChI=1S/C7H6O2S.C4H4O/c8-10(9)5-6-1-3-7(10)4-2-6;1-2-4-5-3-1/h1-4H,5H2;1-4H. The summed E-state index contributed by atoms with van der Waals surface area (Å²) in [6.45, 7) is 0. The molecule has 4 rings (SSSR count). The monoisotopic (exact) mass is 222 g/mol. The van der Waals surface area contributed by atoms with Crippen molar-refractivity contribution in [2.75, 3.05) is 0 Å². The predicted octanol–water partition coefficient (Wildman–Crippen LogP) is 2.25. The Balaban J connectivity index is 0.000000144. The number of hydrogen-bond acceptors (Lipinski definition) is 3. The third kappa shape index (κ3) is 2.27. The number of sulfone groups is 1. The molecule has 0 aliphatic carbocycles. The largest absolute Gasteiger partial charge is 0.473 e. The minimum atomic E-state index is -2.92. The summed E-state index contributed by atoms with van der Waals surface area (Å²) < 4.78 is 26.7. The Bertz CT molecular complexity index is 492. The van der Waals surface area contributed by atoms with Gasteiger partial charge in [0, 0.05) is 0 Å². The highest BCUT2D eigenvalue weighted by molar-refractivity contribution is 7.90. The highest BCUT2D eigenvalue weighted by Gasteiger charge is 2.19. The lowest BCUT2D eigenvalue weighted by Crippen LogP contribution is -2.09. The summed E-state index contributed by atoms with van der Waals surface area (Å²) in [5.41, 5.74) is 0.884. The van der Waals surface area contributed by atoms with E-state index in [9.17, 15) is 8.42 Å². The first-order valence-electron chi connectivity index (χ1n) is 4.47. The molecule has 78 valence electrons. The maximum Gasteiger partial charge on any atom is 0.182 e. The van der Waals surface area contributed by atoms with E-state index in [1.165, 1.54) is 0 Å². The zero-order valence-corrected chi connectivity index (χ0v) is 8.78. The maximum atomic E-state index is 11.1. The molecule has 0 unspecified atom stereocenters. The van der Waals surface area contributed by atoms with Crippen LogP contribution in [0, 0.1) is 0 Å². The lowest BCUT2D eigenvalue weighted by molar-refractivity contribution is 0.567. The average Bonchev–Trinajstić information content (AvgIpc) is 2.75. The van der Waals surface area contributed by atoms with Crippen LogP contribution >= 0.6 is 0 Å². The van der Waals surface area contributed by atoms with Gasteiger partial charge in [0.2, 0.25) is 0 Å². The zero-order valence-electron chi connectivity index (χ0n) is 7.96. The van der Waals surface area contributed by atoms with E-state index in [2.05, 4.69) is 4.42 Å². The van der Waals surface area contributed by atoms with Crippen molar-refractivity contribution in [1.82, 2.24) is 0 Å². The minimum Gasteiger partial charge on any atom is -0.473 e. The first kappa shape index (κ1) is 9.98. The molecule has 3 heterocycles. The van der Waals surface area contributed by atoms with Gasteiger partial charge in [-0.1, -0.05) is 12.1 Å². The van der Waals surface area contributed by atoms with Gasteiger partial charge in [-0.2, -0.15) is 0 Å². The average molecular weight is 222 g/mol. The molecule has 1 aromatic carbocycles. The molecule has 0 atom stereocenters. The fourth-order valence-corrected chi connectivity index (χ4v) is 2.67. The number of benzene rings is 1. The molecule has 1 aromatic heterocycles. The van der Waals surface area contributed by atoms with Crippen LogP contribution in [0.2, 0.25) is 0 Å². The van der Waals surface area contributed by atoms with Gasteiger partial charge in [-0.15, -0.1) is 0 Å². The quantitative estimate of drug-likeness (QED) is 0.686. The maximum absolute atomic E-state index is 11.1. The number of furan rings is 1. The van der Waals surface area contributed by atoms with Gasteiger partial charge in [-0.05, 0) is 29.8 Å². The van der Waals surface area contributed by atoms with Crippen molar-refractivity contribution in [3.05, 3.63) is 54.5 Å². The normalized spacial score (nSPS) is 15.5. The van der Waals surface area contributed by atoms with E-state index < -0.39 is 9.84 Å². The van der Waals surface area contributed by atoms with Crippen molar-refractivity contribution in [3.8, 4) is 0 Å². The molecule has 2 aromatic rings. The lowest BCUT2D eigenvalue weighted by Gasteiger charge is -2.10. The summed E-state index contributed by atoms with van der Waals surface area (Å²) >= 11 is 0. The first-order chi connectivity index (χ1) is 7.18. The Kier molecular flexibility index (Phi) is 2.60. The van der Waals surface area contributed by atoms with Crippen molar-refractivity contribution in [2.45, 2.75) is 10.6 Å². The summed E-state index contributed by atoms with van der Waals surface area (Å²) in [4.78, 5) is 0.447. The van der Waals surface area contributed by atoms with Crippen LogP contribution in [-0.4, -0.2) is 8.42 Å². The van der Waals surface area contributed by atoms with Crippen LogP contribution in [0.3, 0.4) is 0 Å². The summed E-state index contributed by atoms with van der Waals surface area (Å²) in [6, 6.07) is 10.6. The van der Waals surface area contributed by atoms with E-state index in [1.807, 2.05) is 24.3 Å². The SMILES string of the molecule is O=S1(=O)Cc2ccc1cc2.c1ccoc1. The molecule has 2 aliphatic heterocycles. The van der Waals surface area contributed by atoms with Crippen LogP contribution in [0.1, 0.15) is 5.56 Å². The highest BCUT2D eigenvalue weighted by atomic mass is 32.2. The van der Waals surface area contributed by atoms with Crippen molar-refractivity contribution >= 4 is 9.84 Å². The van der Waals surface area contributed by atoms with Gasteiger partial charge in [-0.25, -0.2) is 8.42 Å². The van der Waals surface area contributed by atoms with Crippen LogP contribution in [0.5, 0.6) is 0 Å². The van der Waals surface area contributed by atoms with Crippen molar-refractivity contribution < 1.29 is 12.8 Å². The smallest absolute Gasteiger partial charge is 0.182 e. The van der Waals surface area contributed by atoms with E-state index in [0.717, 1.165) is 5.56 Å². The fraction of sp³-hybridized carbons (Fsp3) is 0.0909. The topological polar surface area (TPSA) is 47.3 Å². The molecular weight excluding hydrogens is 212 g/mol. The molecule has 0 fully saturated rings. The third-order valence-corrected chi connectivity index (χ3v) is 3.77. The van der Waals surface area contributed by atoms with E-state index in [1.54, 1.807) is 24.7 Å². The second-order valence-electron chi connectivity index (χ2n) is 3.20. The van der Waals surface area contributed by atoms with E-state index in [-0.39, 0.29) is 5.75 Å². The van der Waals surface area contributed by atoms with Gasteiger partial charge in [0.1, 0.15) is 0 Å². The molecule has 0 spiro atoms. The molecule has 0 N–H and O–H groups in total. The molecule has 15 heavy (non-hydrogen) atoms.